The molecule has 0 rings (SSSR count). The van der Waals surface area contributed by atoms with Crippen LogP contribution in [0.25, 0.3) is 0 Å². The van der Waals surface area contributed by atoms with Crippen molar-refractivity contribution in [3.8, 4) is 0 Å². The van der Waals surface area contributed by atoms with Crippen molar-refractivity contribution in [3.05, 3.63) is 5.92 Å². The van der Waals surface area contributed by atoms with E-state index in [0.29, 0.717) is 0 Å². The zero-order valence-corrected chi connectivity index (χ0v) is 20.3. The van der Waals surface area contributed by atoms with Crippen molar-refractivity contribution >= 4 is 12.7 Å². The van der Waals surface area contributed by atoms with Gasteiger partial charge in [0.25, 0.3) is 0 Å². The van der Waals surface area contributed by atoms with Crippen molar-refractivity contribution in [2.45, 2.75) is 74.1 Å². The van der Waals surface area contributed by atoms with Gasteiger partial charge in [0, 0.05) is 13.0 Å². The maximum atomic E-state index is 11.7. The summed E-state index contributed by atoms with van der Waals surface area (Å²) in [6.45, 7) is 17.7. The third-order valence-electron chi connectivity index (χ3n) is 2.21. The molecule has 0 aliphatic heterocycles. The van der Waals surface area contributed by atoms with Crippen LogP contribution >= 0.6 is 0 Å². The Labute approximate surface area is 163 Å². The molecule has 0 N–H and O–H groups in total. The first-order valence-corrected chi connectivity index (χ1v) is 7.72. The van der Waals surface area contributed by atoms with Crippen LogP contribution in [0.3, 0.4) is 0 Å². The molecule has 4 nitrogen and oxygen atoms in total. The van der Waals surface area contributed by atoms with E-state index in [0.717, 1.165) is 25.7 Å². The number of hydroxylamine groups is 2. The molecule has 0 aliphatic carbocycles. The predicted molar refractivity (Wildman–Crippen MR) is 91.4 cm³/mol. The zero-order chi connectivity index (χ0) is 17.8. The van der Waals surface area contributed by atoms with Gasteiger partial charge in [-0.25, -0.2) is 5.06 Å². The summed E-state index contributed by atoms with van der Waals surface area (Å²) in [5.74, 6) is 1.66. The molecule has 0 fully saturated rings. The largest absolute Gasteiger partial charge is 2.00 e. The molecule has 0 aromatic rings. The van der Waals surface area contributed by atoms with E-state index in [9.17, 15) is 4.79 Å². The second-order valence-corrected chi connectivity index (χ2v) is 4.79. The van der Waals surface area contributed by atoms with Crippen LogP contribution < -0.4 is 0 Å². The maximum absolute atomic E-state index is 11.7. The Morgan fingerprint density at radius 2 is 1.36 bits per heavy atom. The average Bonchev–Trinajstić information content (AvgIpc) is 2.49. The molecule has 0 saturated carbocycles. The minimum atomic E-state index is 0. The SMILES string of the molecule is CC.CCCC(CCC)C(=O)N(C)OC.C[C-](C)C.[CH-]=O.[U+2]. The number of nitrogens with zero attached hydrogens (tertiary/aromatic N) is 1. The molecule has 0 bridgehead atoms. The number of hydrogen-bond acceptors (Lipinski definition) is 3. The summed E-state index contributed by atoms with van der Waals surface area (Å²) < 4.78 is 0. The topological polar surface area (TPSA) is 46.6 Å². The van der Waals surface area contributed by atoms with Crippen LogP contribution in [0.15, 0.2) is 0 Å². The van der Waals surface area contributed by atoms with E-state index in [4.69, 9.17) is 9.63 Å². The number of amides is 1. The van der Waals surface area contributed by atoms with Gasteiger partial charge in [-0.2, -0.15) is 20.8 Å². The van der Waals surface area contributed by atoms with Crippen LogP contribution in [0, 0.1) is 42.9 Å². The quantitative estimate of drug-likeness (QED) is 0.281. The van der Waals surface area contributed by atoms with E-state index in [2.05, 4.69) is 41.4 Å². The van der Waals surface area contributed by atoms with Crippen LogP contribution in [-0.2, 0) is 14.4 Å². The Morgan fingerprint density at radius 3 is 1.55 bits per heavy atom. The van der Waals surface area contributed by atoms with Gasteiger partial charge in [0.1, 0.15) is 0 Å². The molecular weight excluding hydrogens is 504 g/mol. The molecule has 0 radical (unpaired) electrons. The number of hydrogen-bond donors (Lipinski definition) is 0. The summed E-state index contributed by atoms with van der Waals surface area (Å²) >= 11 is 0. The summed E-state index contributed by atoms with van der Waals surface area (Å²) in [6, 6.07) is 0. The fraction of sp³-hybridized carbons (Fsp3) is 0.824. The maximum Gasteiger partial charge on any atom is 2.00 e. The number of carbonyl (C=O) groups excluding carboxylic acids is 2. The monoisotopic (exact) mass is 541 g/mol. The molecule has 0 saturated heterocycles. The minimum Gasteiger partial charge on any atom is -0.545 e. The van der Waals surface area contributed by atoms with Gasteiger partial charge in [0.05, 0.1) is 7.11 Å². The standard InChI is InChI=1S/C10H21NO2.C4H9.C2H6.CHO.U/c1-5-7-9(8-6-2)10(12)11(3)13-4;1-4(2)3;2*1-2;/h9H,5-8H2,1-4H3;1-3H3;1-2H3;1H;/q;-1;;-1;+2. The summed E-state index contributed by atoms with van der Waals surface area (Å²) in [5.41, 5.74) is 0. The third kappa shape index (κ3) is 28.3. The van der Waals surface area contributed by atoms with Crippen LogP contribution in [0.2, 0.25) is 0 Å². The fourth-order valence-electron chi connectivity index (χ4n) is 1.44. The van der Waals surface area contributed by atoms with E-state index in [1.165, 1.54) is 18.1 Å². The second-order valence-electron chi connectivity index (χ2n) is 4.79. The first-order valence-electron chi connectivity index (χ1n) is 7.72. The van der Waals surface area contributed by atoms with Gasteiger partial charge in [0.15, 0.2) is 0 Å². The summed E-state index contributed by atoms with van der Waals surface area (Å²) in [7, 11) is 3.19. The smallest absolute Gasteiger partial charge is 0.545 e. The molecule has 22 heavy (non-hydrogen) atoms. The Bertz CT molecular complexity index is 194. The molecule has 0 aromatic carbocycles. The normalized spacial score (nSPS) is 8.32. The molecule has 0 unspecified atom stereocenters. The third-order valence-corrected chi connectivity index (χ3v) is 2.21. The average molecular weight is 542 g/mol. The van der Waals surface area contributed by atoms with E-state index >= 15 is 0 Å². The van der Waals surface area contributed by atoms with Crippen LogP contribution in [0.4, 0.5) is 0 Å². The first kappa shape index (κ1) is 33.7. The molecule has 0 atom stereocenters. The van der Waals surface area contributed by atoms with Gasteiger partial charge in [-0.3, -0.25) is 16.4 Å². The summed E-state index contributed by atoms with van der Waals surface area (Å²) in [5, 5.41) is 1.33. The van der Waals surface area contributed by atoms with Crippen molar-refractivity contribution < 1.29 is 45.5 Å². The van der Waals surface area contributed by atoms with Gasteiger partial charge < -0.3 is 10.7 Å². The number of carbonyl (C=O) groups is 1. The van der Waals surface area contributed by atoms with Crippen molar-refractivity contribution in [1.29, 1.82) is 0 Å². The zero-order valence-electron chi connectivity index (χ0n) is 16.2. The van der Waals surface area contributed by atoms with Crippen molar-refractivity contribution in [2.75, 3.05) is 14.2 Å². The summed E-state index contributed by atoms with van der Waals surface area (Å²) in [4.78, 5) is 24.3. The molecule has 132 valence electrons. The van der Waals surface area contributed by atoms with Gasteiger partial charge in [-0.15, -0.1) is 0 Å². The van der Waals surface area contributed by atoms with Crippen molar-refractivity contribution in [1.82, 2.24) is 5.06 Å². The molecule has 0 aromatic heterocycles. The van der Waals surface area contributed by atoms with Gasteiger partial charge in [-0.1, -0.05) is 40.5 Å². The van der Waals surface area contributed by atoms with E-state index < -0.39 is 0 Å². The summed E-state index contributed by atoms with van der Waals surface area (Å²) in [6.07, 6.45) is 4.02. The van der Waals surface area contributed by atoms with Crippen molar-refractivity contribution in [2.24, 2.45) is 5.92 Å². The molecule has 0 heterocycles. The van der Waals surface area contributed by atoms with Gasteiger partial charge in [-0.05, 0) is 12.8 Å². The van der Waals surface area contributed by atoms with Crippen LogP contribution in [-0.4, -0.2) is 31.9 Å². The Hall–Kier alpha value is 0.152. The molecule has 5 heteroatoms. The fourth-order valence-corrected chi connectivity index (χ4v) is 1.44. The number of rotatable bonds is 6. The van der Waals surface area contributed by atoms with Gasteiger partial charge >= 0.3 is 31.1 Å². The second kappa shape index (κ2) is 29.2. The first-order chi connectivity index (χ1) is 9.90. The molecule has 1 amide bonds. The Balaban J connectivity index is -0.0000000907. The van der Waals surface area contributed by atoms with E-state index in [1.807, 2.05) is 13.8 Å². The van der Waals surface area contributed by atoms with Crippen molar-refractivity contribution in [3.63, 3.8) is 0 Å². The molecule has 0 aliphatic rings. The minimum absolute atomic E-state index is 0. The Kier molecular flexibility index (Phi) is 44.7. The van der Waals surface area contributed by atoms with E-state index in [-0.39, 0.29) is 42.9 Å². The molecular formula is C17H37NO3U. The van der Waals surface area contributed by atoms with Crippen LogP contribution in [0.1, 0.15) is 74.1 Å². The van der Waals surface area contributed by atoms with Gasteiger partial charge in [0.2, 0.25) is 5.91 Å². The van der Waals surface area contributed by atoms with E-state index in [1.54, 1.807) is 7.05 Å². The molecule has 0 spiro atoms. The Morgan fingerprint density at radius 1 is 1.09 bits per heavy atom. The van der Waals surface area contributed by atoms with Crippen LogP contribution in [0.5, 0.6) is 0 Å². The predicted octanol–water partition coefficient (Wildman–Crippen LogP) is 4.60.